The number of aromatic nitrogens is 4. The van der Waals surface area contributed by atoms with E-state index >= 15 is 0 Å². The highest BCUT2D eigenvalue weighted by Gasteiger charge is 2.36. The van der Waals surface area contributed by atoms with Crippen LogP contribution >= 0.6 is 0 Å². The number of benzene rings is 1. The molecule has 0 saturated heterocycles. The van der Waals surface area contributed by atoms with E-state index in [0.717, 1.165) is 32.1 Å². The van der Waals surface area contributed by atoms with Gasteiger partial charge in [-0.3, -0.25) is 4.79 Å². The molecule has 0 aliphatic heterocycles. The van der Waals surface area contributed by atoms with Crippen LogP contribution in [0.5, 0.6) is 0 Å². The lowest BCUT2D eigenvalue weighted by Crippen LogP contribution is -2.30. The van der Waals surface area contributed by atoms with Gasteiger partial charge >= 0.3 is 0 Å². The summed E-state index contributed by atoms with van der Waals surface area (Å²) >= 11 is 0. The third-order valence-electron chi connectivity index (χ3n) is 4.66. The molecule has 1 aromatic carbocycles. The van der Waals surface area contributed by atoms with Gasteiger partial charge in [-0.15, -0.1) is 10.2 Å². The molecule has 2 atom stereocenters. The van der Waals surface area contributed by atoms with E-state index in [0.29, 0.717) is 17.3 Å². The molecule has 6 nitrogen and oxygen atoms in total. The second-order valence-electron chi connectivity index (χ2n) is 6.55. The van der Waals surface area contributed by atoms with Gasteiger partial charge in [-0.2, -0.15) is 4.80 Å². The number of rotatable bonds is 5. The van der Waals surface area contributed by atoms with E-state index in [1.54, 1.807) is 4.80 Å². The highest BCUT2D eigenvalue weighted by molar-refractivity contribution is 5.94. The summed E-state index contributed by atoms with van der Waals surface area (Å²) in [5, 5.41) is 16.1. The number of tetrazole rings is 1. The lowest BCUT2D eigenvalue weighted by atomic mass is 10.0. The van der Waals surface area contributed by atoms with Gasteiger partial charge in [0.1, 0.15) is 0 Å². The van der Waals surface area contributed by atoms with E-state index in [1.165, 1.54) is 0 Å². The molecule has 4 rings (SSSR count). The summed E-state index contributed by atoms with van der Waals surface area (Å²) in [6, 6.07) is 9.30. The van der Waals surface area contributed by atoms with Crippen molar-refractivity contribution in [1.29, 1.82) is 0 Å². The standard InChI is InChI=1S/C18H21N5O/c24-18(14-7-3-1-4-8-14)19-16(13-11-12-13)17-20-22-23(21-17)15-9-5-2-6-10-15/h1,3-5,7-9,13,15-16H,2,6,10-12H2,(H,19,24). The Labute approximate surface area is 140 Å². The van der Waals surface area contributed by atoms with Gasteiger partial charge < -0.3 is 5.32 Å². The van der Waals surface area contributed by atoms with Crippen molar-refractivity contribution in [3.8, 4) is 0 Å². The zero-order valence-electron chi connectivity index (χ0n) is 13.5. The summed E-state index contributed by atoms with van der Waals surface area (Å²) in [4.78, 5) is 14.2. The quantitative estimate of drug-likeness (QED) is 0.859. The average Bonchev–Trinajstić information content (AvgIpc) is 3.37. The number of hydrogen-bond donors (Lipinski definition) is 1. The second-order valence-corrected chi connectivity index (χ2v) is 6.55. The fourth-order valence-corrected chi connectivity index (χ4v) is 3.13. The zero-order chi connectivity index (χ0) is 16.4. The molecule has 2 aliphatic rings. The molecule has 1 aromatic heterocycles. The molecule has 24 heavy (non-hydrogen) atoms. The van der Waals surface area contributed by atoms with Gasteiger partial charge in [0.05, 0.1) is 12.1 Å². The van der Waals surface area contributed by atoms with E-state index in [2.05, 4.69) is 32.9 Å². The van der Waals surface area contributed by atoms with E-state index < -0.39 is 0 Å². The Bertz CT molecular complexity index is 735. The van der Waals surface area contributed by atoms with Gasteiger partial charge in [0.25, 0.3) is 5.91 Å². The molecule has 1 saturated carbocycles. The predicted molar refractivity (Wildman–Crippen MR) is 89.2 cm³/mol. The van der Waals surface area contributed by atoms with Crippen molar-refractivity contribution in [2.24, 2.45) is 5.92 Å². The topological polar surface area (TPSA) is 72.7 Å². The minimum absolute atomic E-state index is 0.0820. The molecule has 0 spiro atoms. The molecule has 124 valence electrons. The normalized spacial score (nSPS) is 21.4. The first-order valence-electron chi connectivity index (χ1n) is 8.63. The highest BCUT2D eigenvalue weighted by atomic mass is 16.1. The summed E-state index contributed by atoms with van der Waals surface area (Å²) in [7, 11) is 0. The van der Waals surface area contributed by atoms with Crippen LogP contribution in [0, 0.1) is 5.92 Å². The molecular weight excluding hydrogens is 302 g/mol. The summed E-state index contributed by atoms with van der Waals surface area (Å²) in [6.07, 6.45) is 9.81. The Morgan fingerprint density at radius 3 is 2.75 bits per heavy atom. The van der Waals surface area contributed by atoms with Crippen molar-refractivity contribution >= 4 is 5.91 Å². The van der Waals surface area contributed by atoms with E-state index in [1.807, 2.05) is 30.3 Å². The number of carbonyl (C=O) groups is 1. The lowest BCUT2D eigenvalue weighted by molar-refractivity contribution is 0.0929. The molecule has 0 bridgehead atoms. The number of allylic oxidation sites excluding steroid dienone is 2. The van der Waals surface area contributed by atoms with Crippen LogP contribution in [-0.2, 0) is 0 Å². The molecule has 1 N–H and O–H groups in total. The maximum Gasteiger partial charge on any atom is 0.251 e. The van der Waals surface area contributed by atoms with Crippen molar-refractivity contribution in [2.45, 2.75) is 44.2 Å². The van der Waals surface area contributed by atoms with Crippen LogP contribution in [0.1, 0.15) is 60.4 Å². The number of amides is 1. The van der Waals surface area contributed by atoms with E-state index in [9.17, 15) is 4.79 Å². The highest BCUT2D eigenvalue weighted by Crippen LogP contribution is 2.40. The Kier molecular flexibility index (Phi) is 4.11. The number of nitrogens with one attached hydrogen (secondary N) is 1. The number of nitrogens with zero attached hydrogens (tertiary/aromatic N) is 4. The first-order valence-corrected chi connectivity index (χ1v) is 8.63. The van der Waals surface area contributed by atoms with Gasteiger partial charge in [-0.05, 0) is 55.4 Å². The van der Waals surface area contributed by atoms with Crippen molar-refractivity contribution in [3.63, 3.8) is 0 Å². The summed E-state index contributed by atoms with van der Waals surface area (Å²) < 4.78 is 0. The molecule has 6 heteroatoms. The fourth-order valence-electron chi connectivity index (χ4n) is 3.13. The fraction of sp³-hybridized carbons (Fsp3) is 0.444. The van der Waals surface area contributed by atoms with Crippen LogP contribution in [-0.4, -0.2) is 26.1 Å². The van der Waals surface area contributed by atoms with Crippen LogP contribution in [0.3, 0.4) is 0 Å². The van der Waals surface area contributed by atoms with Gasteiger partial charge in [0, 0.05) is 5.56 Å². The Morgan fingerprint density at radius 1 is 1.21 bits per heavy atom. The number of hydrogen-bond acceptors (Lipinski definition) is 4. The lowest BCUT2D eigenvalue weighted by Gasteiger charge is -2.16. The predicted octanol–water partition coefficient (Wildman–Crippen LogP) is 2.84. The van der Waals surface area contributed by atoms with Crippen molar-refractivity contribution in [2.75, 3.05) is 0 Å². The molecule has 0 radical (unpaired) electrons. The summed E-state index contributed by atoms with van der Waals surface area (Å²) in [5.41, 5.74) is 0.658. The monoisotopic (exact) mass is 323 g/mol. The third kappa shape index (κ3) is 3.22. The first-order chi connectivity index (χ1) is 11.8. The smallest absolute Gasteiger partial charge is 0.251 e. The van der Waals surface area contributed by atoms with Crippen LogP contribution < -0.4 is 5.32 Å². The van der Waals surface area contributed by atoms with Crippen molar-refractivity contribution in [3.05, 3.63) is 53.9 Å². The van der Waals surface area contributed by atoms with E-state index in [-0.39, 0.29) is 18.0 Å². The zero-order valence-corrected chi connectivity index (χ0v) is 13.5. The number of carbonyl (C=O) groups excluding carboxylic acids is 1. The minimum Gasteiger partial charge on any atom is -0.342 e. The first kappa shape index (κ1) is 15.1. The van der Waals surface area contributed by atoms with E-state index in [4.69, 9.17) is 0 Å². The average molecular weight is 323 g/mol. The minimum atomic E-state index is -0.154. The third-order valence-corrected chi connectivity index (χ3v) is 4.66. The maximum atomic E-state index is 12.5. The van der Waals surface area contributed by atoms with Crippen molar-refractivity contribution < 1.29 is 4.79 Å². The van der Waals surface area contributed by atoms with Gasteiger partial charge in [0.2, 0.25) is 0 Å². The molecule has 2 unspecified atom stereocenters. The van der Waals surface area contributed by atoms with Gasteiger partial charge in [0.15, 0.2) is 5.82 Å². The molecular formula is C18H21N5O. The molecule has 2 aromatic rings. The van der Waals surface area contributed by atoms with Crippen molar-refractivity contribution in [1.82, 2.24) is 25.5 Å². The maximum absolute atomic E-state index is 12.5. The Morgan fingerprint density at radius 2 is 2.04 bits per heavy atom. The molecule has 1 amide bonds. The largest absolute Gasteiger partial charge is 0.342 e. The van der Waals surface area contributed by atoms with Gasteiger partial charge in [-0.1, -0.05) is 30.4 Å². The van der Waals surface area contributed by atoms with Crippen LogP contribution in [0.2, 0.25) is 0 Å². The van der Waals surface area contributed by atoms with Crippen LogP contribution in [0.15, 0.2) is 42.5 Å². The summed E-state index contributed by atoms with van der Waals surface area (Å²) in [6.45, 7) is 0. The van der Waals surface area contributed by atoms with Gasteiger partial charge in [-0.25, -0.2) is 0 Å². The molecule has 2 aliphatic carbocycles. The second kappa shape index (κ2) is 6.55. The molecule has 1 fully saturated rings. The Balaban J connectivity index is 1.51. The molecule has 1 heterocycles. The summed E-state index contributed by atoms with van der Waals surface area (Å²) in [5.74, 6) is 0.958. The SMILES string of the molecule is O=C(NC(c1nnn(C2C=CCCC2)n1)C1CC1)c1ccccc1. The van der Waals surface area contributed by atoms with Crippen LogP contribution in [0.4, 0.5) is 0 Å². The van der Waals surface area contributed by atoms with Crippen LogP contribution in [0.25, 0.3) is 0 Å². The Hall–Kier alpha value is -2.50.